The topological polar surface area (TPSA) is 85.4 Å². The van der Waals surface area contributed by atoms with E-state index in [4.69, 9.17) is 5.73 Å². The van der Waals surface area contributed by atoms with Crippen molar-refractivity contribution < 1.29 is 14.4 Å². The summed E-state index contributed by atoms with van der Waals surface area (Å²) in [7, 11) is 1.45. The molecule has 1 aliphatic heterocycles. The zero-order valence-electron chi connectivity index (χ0n) is 11.8. The van der Waals surface area contributed by atoms with Gasteiger partial charge in [0.25, 0.3) is 11.1 Å². The molecular weight excluding hydrogens is 302 g/mol. The quantitative estimate of drug-likeness (QED) is 0.875. The van der Waals surface area contributed by atoms with E-state index >= 15 is 0 Å². The van der Waals surface area contributed by atoms with Crippen molar-refractivity contribution in [3.05, 3.63) is 40.9 Å². The van der Waals surface area contributed by atoms with Crippen molar-refractivity contribution in [3.8, 4) is 0 Å². The molecule has 0 aliphatic carbocycles. The molecule has 2 heterocycles. The Kier molecular flexibility index (Phi) is 3.50. The van der Waals surface area contributed by atoms with Gasteiger partial charge in [-0.25, -0.2) is 0 Å². The molecule has 0 atom stereocenters. The minimum Gasteiger partial charge on any atom is -0.368 e. The number of para-hydroxylation sites is 1. The average molecular weight is 315 g/mol. The summed E-state index contributed by atoms with van der Waals surface area (Å²) in [5, 5.41) is 0.601. The second-order valence-corrected chi connectivity index (χ2v) is 5.93. The van der Waals surface area contributed by atoms with Gasteiger partial charge >= 0.3 is 0 Å². The summed E-state index contributed by atoms with van der Waals surface area (Å²) >= 11 is 0.906. The van der Waals surface area contributed by atoms with Gasteiger partial charge in [0, 0.05) is 29.7 Å². The van der Waals surface area contributed by atoms with Crippen LogP contribution in [-0.2, 0) is 16.1 Å². The van der Waals surface area contributed by atoms with Gasteiger partial charge in [-0.1, -0.05) is 18.2 Å². The van der Waals surface area contributed by atoms with Crippen LogP contribution in [0.2, 0.25) is 0 Å². The first-order chi connectivity index (χ1) is 10.5. The lowest BCUT2D eigenvalue weighted by atomic mass is 10.1. The number of aromatic nitrogens is 1. The molecule has 22 heavy (non-hydrogen) atoms. The summed E-state index contributed by atoms with van der Waals surface area (Å²) in [5.74, 6) is -0.761. The smallest absolute Gasteiger partial charge is 0.293 e. The van der Waals surface area contributed by atoms with E-state index < -0.39 is 5.91 Å². The molecule has 1 saturated heterocycles. The maximum absolute atomic E-state index is 12.0. The molecule has 0 spiro atoms. The number of fused-ring (bicyclic) bond motifs is 1. The van der Waals surface area contributed by atoms with Crippen LogP contribution in [0.1, 0.15) is 5.56 Å². The van der Waals surface area contributed by atoms with Gasteiger partial charge < -0.3 is 10.3 Å². The number of hydrogen-bond donors (Lipinski definition) is 1. The van der Waals surface area contributed by atoms with E-state index in [1.165, 1.54) is 7.05 Å². The average Bonchev–Trinajstić information content (AvgIpc) is 2.93. The summed E-state index contributed by atoms with van der Waals surface area (Å²) in [5.41, 5.74) is 6.89. The van der Waals surface area contributed by atoms with E-state index in [0.29, 0.717) is 4.91 Å². The lowest BCUT2D eigenvalue weighted by Crippen LogP contribution is -2.22. The first-order valence-corrected chi connectivity index (χ1v) is 7.37. The summed E-state index contributed by atoms with van der Waals surface area (Å²) < 4.78 is 1.74. The molecule has 112 valence electrons. The maximum Gasteiger partial charge on any atom is 0.293 e. The van der Waals surface area contributed by atoms with Gasteiger partial charge in [0.2, 0.25) is 5.91 Å². The molecule has 0 unspecified atom stereocenters. The van der Waals surface area contributed by atoms with Crippen LogP contribution in [0.4, 0.5) is 4.79 Å². The molecule has 3 amide bonds. The zero-order chi connectivity index (χ0) is 15.9. The second-order valence-electron chi connectivity index (χ2n) is 4.94. The number of nitrogens with zero attached hydrogens (tertiary/aromatic N) is 2. The zero-order valence-corrected chi connectivity index (χ0v) is 12.6. The number of amides is 3. The molecule has 3 rings (SSSR count). The molecular formula is C15H13N3O3S. The Balaban J connectivity index is 2.10. The van der Waals surface area contributed by atoms with Crippen molar-refractivity contribution in [1.82, 2.24) is 9.47 Å². The molecule has 0 saturated carbocycles. The Hall–Kier alpha value is -2.54. The predicted octanol–water partition coefficient (Wildman–Crippen LogP) is 1.79. The van der Waals surface area contributed by atoms with Crippen molar-refractivity contribution in [2.75, 3.05) is 7.05 Å². The number of rotatable bonds is 3. The van der Waals surface area contributed by atoms with Crippen LogP contribution < -0.4 is 5.73 Å². The lowest BCUT2D eigenvalue weighted by Gasteiger charge is -2.00. The minimum atomic E-state index is -0.443. The molecule has 6 nitrogen and oxygen atoms in total. The van der Waals surface area contributed by atoms with Crippen molar-refractivity contribution in [3.63, 3.8) is 0 Å². The van der Waals surface area contributed by atoms with Crippen molar-refractivity contribution in [2.45, 2.75) is 6.54 Å². The summed E-state index contributed by atoms with van der Waals surface area (Å²) in [6.45, 7) is 0.0591. The Morgan fingerprint density at radius 1 is 1.32 bits per heavy atom. The molecule has 2 N–H and O–H groups in total. The van der Waals surface area contributed by atoms with E-state index in [1.807, 2.05) is 24.3 Å². The molecule has 1 fully saturated rings. The SMILES string of the molecule is CN1C(=O)S/C(=C/c2cn(CC(N)=O)c3ccccc23)C1=O. The number of hydrogen-bond acceptors (Lipinski definition) is 4. The van der Waals surface area contributed by atoms with Gasteiger partial charge in [0.1, 0.15) is 6.54 Å². The van der Waals surface area contributed by atoms with E-state index in [0.717, 1.165) is 33.1 Å². The number of benzene rings is 1. The van der Waals surface area contributed by atoms with Crippen LogP contribution in [0.3, 0.4) is 0 Å². The van der Waals surface area contributed by atoms with Crippen LogP contribution in [-0.4, -0.2) is 33.6 Å². The number of thioether (sulfide) groups is 1. The van der Waals surface area contributed by atoms with Crippen LogP contribution in [0.5, 0.6) is 0 Å². The highest BCUT2D eigenvalue weighted by Gasteiger charge is 2.32. The third kappa shape index (κ3) is 2.39. The largest absolute Gasteiger partial charge is 0.368 e. The number of carbonyl (C=O) groups is 3. The molecule has 7 heteroatoms. The molecule has 1 aromatic carbocycles. The fraction of sp³-hybridized carbons (Fsp3) is 0.133. The van der Waals surface area contributed by atoms with Gasteiger partial charge in [0.05, 0.1) is 4.91 Å². The third-order valence-electron chi connectivity index (χ3n) is 3.42. The van der Waals surface area contributed by atoms with Crippen molar-refractivity contribution in [1.29, 1.82) is 0 Å². The number of likely N-dealkylation sites (N-methyl/N-ethyl adjacent to an activating group) is 1. The number of carbonyl (C=O) groups excluding carboxylic acids is 3. The minimum absolute atomic E-state index is 0.0591. The highest BCUT2D eigenvalue weighted by atomic mass is 32.2. The Labute approximate surface area is 130 Å². The normalized spacial score (nSPS) is 17.0. The third-order valence-corrected chi connectivity index (χ3v) is 4.38. The molecule has 0 radical (unpaired) electrons. The van der Waals surface area contributed by atoms with Crippen LogP contribution >= 0.6 is 11.8 Å². The van der Waals surface area contributed by atoms with E-state index in [9.17, 15) is 14.4 Å². The van der Waals surface area contributed by atoms with Crippen molar-refractivity contribution in [2.24, 2.45) is 5.73 Å². The van der Waals surface area contributed by atoms with Gasteiger partial charge in [-0.2, -0.15) is 0 Å². The lowest BCUT2D eigenvalue weighted by molar-refractivity contribution is -0.122. The number of primary amides is 1. The summed E-state index contributed by atoms with van der Waals surface area (Å²) in [6.07, 6.45) is 3.44. The van der Waals surface area contributed by atoms with Crippen molar-refractivity contribution >= 4 is 45.8 Å². The fourth-order valence-electron chi connectivity index (χ4n) is 2.38. The Bertz CT molecular complexity index is 838. The summed E-state index contributed by atoms with van der Waals surface area (Å²) in [4.78, 5) is 36.2. The summed E-state index contributed by atoms with van der Waals surface area (Å²) in [6, 6.07) is 7.51. The van der Waals surface area contributed by atoms with E-state index in [1.54, 1.807) is 16.8 Å². The molecule has 1 aromatic heterocycles. The van der Waals surface area contributed by atoms with Gasteiger partial charge in [0.15, 0.2) is 0 Å². The number of nitrogens with two attached hydrogens (primary N) is 1. The first kappa shape index (κ1) is 14.4. The monoisotopic (exact) mass is 315 g/mol. The second kappa shape index (κ2) is 5.34. The standard InChI is InChI=1S/C15H13N3O3S/c1-17-14(20)12(22-15(17)21)6-9-7-18(8-13(16)19)11-5-3-2-4-10(9)11/h2-7H,8H2,1H3,(H2,16,19)/b12-6+. The Morgan fingerprint density at radius 3 is 2.68 bits per heavy atom. The fourth-order valence-corrected chi connectivity index (χ4v) is 3.19. The van der Waals surface area contributed by atoms with Gasteiger partial charge in [-0.05, 0) is 23.9 Å². The first-order valence-electron chi connectivity index (χ1n) is 6.55. The van der Waals surface area contributed by atoms with Gasteiger partial charge in [-0.15, -0.1) is 0 Å². The molecule has 2 aromatic rings. The van der Waals surface area contributed by atoms with Gasteiger partial charge in [-0.3, -0.25) is 19.3 Å². The molecule has 1 aliphatic rings. The maximum atomic E-state index is 12.0. The van der Waals surface area contributed by atoms with E-state index in [2.05, 4.69) is 0 Å². The molecule has 0 bridgehead atoms. The van der Waals surface area contributed by atoms with Crippen LogP contribution in [0.15, 0.2) is 35.4 Å². The Morgan fingerprint density at radius 2 is 2.05 bits per heavy atom. The van der Waals surface area contributed by atoms with E-state index in [-0.39, 0.29) is 17.7 Å². The number of imide groups is 1. The predicted molar refractivity (Wildman–Crippen MR) is 84.9 cm³/mol. The van der Waals surface area contributed by atoms with Crippen LogP contribution in [0, 0.1) is 0 Å². The highest BCUT2D eigenvalue weighted by molar-refractivity contribution is 8.18. The highest BCUT2D eigenvalue weighted by Crippen LogP contribution is 2.33. The van der Waals surface area contributed by atoms with Crippen LogP contribution in [0.25, 0.3) is 17.0 Å².